The summed E-state index contributed by atoms with van der Waals surface area (Å²) in [6, 6.07) is 10.0. The molecule has 0 unspecified atom stereocenters. The van der Waals surface area contributed by atoms with E-state index in [1.165, 1.54) is 0 Å². The number of rotatable bonds is 4. The van der Waals surface area contributed by atoms with Crippen LogP contribution in [0, 0.1) is 11.8 Å². The molecule has 2 fully saturated rings. The molecular formula is C21H20BrClN4O. The first-order valence-electron chi connectivity index (χ1n) is 9.65. The average Bonchev–Trinajstić information content (AvgIpc) is 3.34. The summed E-state index contributed by atoms with van der Waals surface area (Å²) in [5.41, 5.74) is 2.69. The SMILES string of the molecule is O=C(C1CC1)N1CC[C@H](Cn2c(-c3ccc(Br)cc3)nc3cc(Cl)cnc32)C1. The molecule has 0 radical (unpaired) electrons. The van der Waals surface area contributed by atoms with Gasteiger partial charge in [-0.3, -0.25) is 4.79 Å². The van der Waals surface area contributed by atoms with Crippen molar-refractivity contribution in [3.05, 3.63) is 46.0 Å². The molecule has 1 saturated carbocycles. The van der Waals surface area contributed by atoms with Crippen LogP contribution < -0.4 is 0 Å². The maximum Gasteiger partial charge on any atom is 0.225 e. The summed E-state index contributed by atoms with van der Waals surface area (Å²) in [7, 11) is 0. The number of imidazole rings is 1. The molecule has 2 aliphatic rings. The number of amides is 1. The summed E-state index contributed by atoms with van der Waals surface area (Å²) < 4.78 is 3.22. The molecule has 1 aliphatic heterocycles. The third-order valence-corrected chi connectivity index (χ3v) is 6.35. The van der Waals surface area contributed by atoms with Crippen LogP contribution in [0.1, 0.15) is 19.3 Å². The van der Waals surface area contributed by atoms with Crippen LogP contribution in [0.2, 0.25) is 5.02 Å². The smallest absolute Gasteiger partial charge is 0.225 e. The minimum atomic E-state index is 0.287. The van der Waals surface area contributed by atoms with Gasteiger partial charge in [0.25, 0.3) is 0 Å². The first kappa shape index (κ1) is 18.1. The number of nitrogens with zero attached hydrogens (tertiary/aromatic N) is 4. The summed E-state index contributed by atoms with van der Waals surface area (Å²) in [4.78, 5) is 23.8. The molecule has 0 spiro atoms. The molecule has 2 aromatic heterocycles. The van der Waals surface area contributed by atoms with E-state index in [0.717, 1.165) is 65.9 Å². The van der Waals surface area contributed by atoms with Gasteiger partial charge in [0, 0.05) is 41.8 Å². The van der Waals surface area contributed by atoms with Crippen LogP contribution in [-0.2, 0) is 11.3 Å². The fourth-order valence-electron chi connectivity index (χ4n) is 4.01. The number of carbonyl (C=O) groups is 1. The lowest BCUT2D eigenvalue weighted by atomic mass is 10.1. The number of hydrogen-bond donors (Lipinski definition) is 0. The molecule has 3 heterocycles. The molecule has 1 saturated heterocycles. The molecule has 0 bridgehead atoms. The van der Waals surface area contributed by atoms with Gasteiger partial charge in [-0.25, -0.2) is 9.97 Å². The van der Waals surface area contributed by atoms with Crippen LogP contribution in [-0.4, -0.2) is 38.4 Å². The third kappa shape index (κ3) is 3.44. The second kappa shape index (κ2) is 7.16. The highest BCUT2D eigenvalue weighted by molar-refractivity contribution is 9.10. The van der Waals surface area contributed by atoms with Crippen LogP contribution in [0.3, 0.4) is 0 Å². The summed E-state index contributed by atoms with van der Waals surface area (Å²) in [5, 5.41) is 0.585. The maximum absolute atomic E-state index is 12.4. The van der Waals surface area contributed by atoms with E-state index in [0.29, 0.717) is 16.8 Å². The van der Waals surface area contributed by atoms with Gasteiger partial charge in [-0.2, -0.15) is 0 Å². The Morgan fingerprint density at radius 3 is 2.75 bits per heavy atom. The maximum atomic E-state index is 12.4. The lowest BCUT2D eigenvalue weighted by molar-refractivity contribution is -0.131. The number of carbonyl (C=O) groups excluding carboxylic acids is 1. The minimum absolute atomic E-state index is 0.287. The Morgan fingerprint density at radius 2 is 2.00 bits per heavy atom. The van der Waals surface area contributed by atoms with Crippen LogP contribution in [0.5, 0.6) is 0 Å². The molecule has 5 nitrogen and oxygen atoms in total. The van der Waals surface area contributed by atoms with E-state index in [1.807, 2.05) is 23.1 Å². The van der Waals surface area contributed by atoms with Crippen molar-refractivity contribution in [2.24, 2.45) is 11.8 Å². The standard InChI is InChI=1S/C21H20BrClN4O/c22-16-5-3-14(4-6-16)19-25-18-9-17(23)10-24-20(18)27(19)12-13-7-8-26(11-13)21(28)15-1-2-15/h3-6,9-10,13,15H,1-2,7-8,11-12H2/t13-/m0/s1. The van der Waals surface area contributed by atoms with Gasteiger partial charge in [0.1, 0.15) is 11.3 Å². The molecule has 1 amide bonds. The number of pyridine rings is 1. The predicted molar refractivity (Wildman–Crippen MR) is 113 cm³/mol. The van der Waals surface area contributed by atoms with Gasteiger partial charge >= 0.3 is 0 Å². The second-order valence-electron chi connectivity index (χ2n) is 7.76. The Balaban J connectivity index is 1.48. The lowest BCUT2D eigenvalue weighted by Crippen LogP contribution is -2.30. The van der Waals surface area contributed by atoms with Gasteiger partial charge in [0.05, 0.1) is 5.02 Å². The molecule has 28 heavy (non-hydrogen) atoms. The van der Waals surface area contributed by atoms with Crippen molar-refractivity contribution in [1.82, 2.24) is 19.4 Å². The van der Waals surface area contributed by atoms with E-state index >= 15 is 0 Å². The topological polar surface area (TPSA) is 51.0 Å². The number of likely N-dealkylation sites (tertiary alicyclic amines) is 1. The molecule has 5 rings (SSSR count). The van der Waals surface area contributed by atoms with Crippen LogP contribution in [0.25, 0.3) is 22.6 Å². The van der Waals surface area contributed by atoms with Crippen molar-refractivity contribution in [3.8, 4) is 11.4 Å². The van der Waals surface area contributed by atoms with E-state index < -0.39 is 0 Å². The highest BCUT2D eigenvalue weighted by Crippen LogP contribution is 2.34. The highest BCUT2D eigenvalue weighted by atomic mass is 79.9. The first-order valence-corrected chi connectivity index (χ1v) is 10.8. The first-order chi connectivity index (χ1) is 13.6. The molecule has 0 N–H and O–H groups in total. The molecule has 7 heteroatoms. The average molecular weight is 460 g/mol. The summed E-state index contributed by atoms with van der Waals surface area (Å²) in [6.45, 7) is 2.48. The Bertz CT molecular complexity index is 1040. The molecule has 3 aromatic rings. The van der Waals surface area contributed by atoms with Crippen molar-refractivity contribution in [3.63, 3.8) is 0 Å². The molecule has 1 atom stereocenters. The molecule has 1 aromatic carbocycles. The van der Waals surface area contributed by atoms with Gasteiger partial charge in [-0.1, -0.05) is 39.7 Å². The van der Waals surface area contributed by atoms with Gasteiger partial charge < -0.3 is 9.47 Å². The van der Waals surface area contributed by atoms with E-state index in [1.54, 1.807) is 6.20 Å². The monoisotopic (exact) mass is 458 g/mol. The van der Waals surface area contributed by atoms with Crippen molar-refractivity contribution >= 4 is 44.6 Å². The Hall–Kier alpha value is -1.92. The van der Waals surface area contributed by atoms with Crippen LogP contribution >= 0.6 is 27.5 Å². The second-order valence-corrected chi connectivity index (χ2v) is 9.11. The van der Waals surface area contributed by atoms with Crippen molar-refractivity contribution in [1.29, 1.82) is 0 Å². The number of benzene rings is 1. The van der Waals surface area contributed by atoms with Gasteiger partial charge in [-0.15, -0.1) is 0 Å². The molecular weight excluding hydrogens is 440 g/mol. The van der Waals surface area contributed by atoms with Crippen LogP contribution in [0.4, 0.5) is 0 Å². The van der Waals surface area contributed by atoms with E-state index in [2.05, 4.69) is 37.6 Å². The molecule has 1 aliphatic carbocycles. The zero-order valence-electron chi connectivity index (χ0n) is 15.3. The van der Waals surface area contributed by atoms with Gasteiger partial charge in [-0.05, 0) is 43.4 Å². The Labute approximate surface area is 176 Å². The van der Waals surface area contributed by atoms with Crippen molar-refractivity contribution in [2.75, 3.05) is 13.1 Å². The zero-order chi connectivity index (χ0) is 19.3. The minimum Gasteiger partial charge on any atom is -0.342 e. The third-order valence-electron chi connectivity index (χ3n) is 5.62. The van der Waals surface area contributed by atoms with Gasteiger partial charge in [0.2, 0.25) is 5.91 Å². The normalized spacial score (nSPS) is 19.5. The van der Waals surface area contributed by atoms with E-state index in [4.69, 9.17) is 16.6 Å². The summed E-state index contributed by atoms with van der Waals surface area (Å²) in [6.07, 6.45) is 4.81. The lowest BCUT2D eigenvalue weighted by Gasteiger charge is -2.17. The fraction of sp³-hybridized carbons (Fsp3) is 0.381. The number of halogens is 2. The predicted octanol–water partition coefficient (Wildman–Crippen LogP) is 4.77. The van der Waals surface area contributed by atoms with Crippen molar-refractivity contribution < 1.29 is 4.79 Å². The highest BCUT2D eigenvalue weighted by Gasteiger charge is 2.36. The number of aromatic nitrogens is 3. The largest absolute Gasteiger partial charge is 0.342 e. The van der Waals surface area contributed by atoms with Crippen LogP contribution in [0.15, 0.2) is 41.0 Å². The number of fused-ring (bicyclic) bond motifs is 1. The van der Waals surface area contributed by atoms with E-state index in [9.17, 15) is 4.79 Å². The van der Waals surface area contributed by atoms with Crippen molar-refractivity contribution in [2.45, 2.75) is 25.8 Å². The number of hydrogen-bond acceptors (Lipinski definition) is 3. The zero-order valence-corrected chi connectivity index (χ0v) is 17.7. The Kier molecular flexibility index (Phi) is 4.63. The summed E-state index contributed by atoms with van der Waals surface area (Å²) in [5.74, 6) is 1.93. The molecule has 144 valence electrons. The van der Waals surface area contributed by atoms with E-state index in [-0.39, 0.29) is 5.92 Å². The summed E-state index contributed by atoms with van der Waals surface area (Å²) >= 11 is 9.64. The fourth-order valence-corrected chi connectivity index (χ4v) is 4.42. The van der Waals surface area contributed by atoms with Gasteiger partial charge in [0.15, 0.2) is 5.65 Å². The quantitative estimate of drug-likeness (QED) is 0.564. The Morgan fingerprint density at radius 1 is 1.21 bits per heavy atom.